The number of nitrogens with zero attached hydrogens (tertiary/aromatic N) is 1. The van der Waals surface area contributed by atoms with Gasteiger partial charge in [0.15, 0.2) is 6.10 Å². The van der Waals surface area contributed by atoms with E-state index in [0.717, 1.165) is 4.90 Å². The lowest BCUT2D eigenvalue weighted by molar-refractivity contribution is -0.125. The van der Waals surface area contributed by atoms with Gasteiger partial charge in [-0.1, -0.05) is 24.3 Å². The van der Waals surface area contributed by atoms with Gasteiger partial charge in [0.05, 0.1) is 23.2 Å². The Morgan fingerprint density at radius 1 is 1.04 bits per heavy atom. The summed E-state index contributed by atoms with van der Waals surface area (Å²) >= 11 is 0. The van der Waals surface area contributed by atoms with Crippen LogP contribution in [0.25, 0.3) is 0 Å². The number of amides is 3. The van der Waals surface area contributed by atoms with Gasteiger partial charge in [0, 0.05) is 0 Å². The van der Waals surface area contributed by atoms with Crippen molar-refractivity contribution in [3.8, 4) is 0 Å². The molecule has 2 aromatic rings. The summed E-state index contributed by atoms with van der Waals surface area (Å²) in [5, 5.41) is 0. The van der Waals surface area contributed by atoms with E-state index in [9.17, 15) is 19.2 Å². The minimum absolute atomic E-state index is 0.0266. The molecule has 0 saturated heterocycles. The number of benzene rings is 2. The zero-order chi connectivity index (χ0) is 18.8. The van der Waals surface area contributed by atoms with Gasteiger partial charge in [0.25, 0.3) is 17.7 Å². The molecule has 7 nitrogen and oxygen atoms in total. The summed E-state index contributed by atoms with van der Waals surface area (Å²) in [4.78, 5) is 49.0. The smallest absolute Gasteiger partial charge is 0.338 e. The summed E-state index contributed by atoms with van der Waals surface area (Å²) in [7, 11) is 0. The second kappa shape index (κ2) is 6.79. The summed E-state index contributed by atoms with van der Waals surface area (Å²) in [5.74, 6) is -2.21. The average Bonchev–Trinajstić information content (AvgIpc) is 2.87. The Morgan fingerprint density at radius 2 is 1.65 bits per heavy atom. The Labute approximate surface area is 149 Å². The van der Waals surface area contributed by atoms with Gasteiger partial charge in [-0.25, -0.2) is 4.79 Å². The van der Waals surface area contributed by atoms with Crippen LogP contribution in [0, 0.1) is 0 Å². The molecule has 132 valence electrons. The molecule has 3 amide bonds. The number of esters is 1. The third kappa shape index (κ3) is 3.19. The van der Waals surface area contributed by atoms with Crippen molar-refractivity contribution in [2.45, 2.75) is 19.6 Å². The fourth-order valence-electron chi connectivity index (χ4n) is 2.65. The largest absolute Gasteiger partial charge is 0.449 e. The molecular formula is C19H16N2O5. The van der Waals surface area contributed by atoms with E-state index in [0.29, 0.717) is 16.7 Å². The molecule has 0 radical (unpaired) electrons. The topological polar surface area (TPSA) is 107 Å². The molecule has 0 aliphatic carbocycles. The molecule has 2 N–H and O–H groups in total. The quantitative estimate of drug-likeness (QED) is 0.648. The van der Waals surface area contributed by atoms with Gasteiger partial charge in [-0.05, 0) is 36.8 Å². The van der Waals surface area contributed by atoms with Crippen molar-refractivity contribution in [1.82, 2.24) is 4.90 Å². The zero-order valence-corrected chi connectivity index (χ0v) is 14.0. The lowest BCUT2D eigenvalue weighted by atomic mass is 10.1. The van der Waals surface area contributed by atoms with Crippen molar-refractivity contribution in [2.24, 2.45) is 5.73 Å². The van der Waals surface area contributed by atoms with Crippen molar-refractivity contribution in [3.05, 3.63) is 70.8 Å². The van der Waals surface area contributed by atoms with Crippen molar-refractivity contribution in [1.29, 1.82) is 0 Å². The van der Waals surface area contributed by atoms with Gasteiger partial charge in [0.2, 0.25) is 0 Å². The molecule has 0 spiro atoms. The molecule has 0 saturated carbocycles. The van der Waals surface area contributed by atoms with Crippen LogP contribution in [0.4, 0.5) is 0 Å². The van der Waals surface area contributed by atoms with E-state index >= 15 is 0 Å². The van der Waals surface area contributed by atoms with Gasteiger partial charge < -0.3 is 10.5 Å². The number of rotatable bonds is 5. The Bertz CT molecular complexity index is 887. The van der Waals surface area contributed by atoms with Gasteiger partial charge in [0.1, 0.15) is 0 Å². The van der Waals surface area contributed by atoms with Crippen LogP contribution < -0.4 is 5.73 Å². The number of carbonyl (C=O) groups excluding carboxylic acids is 4. The highest BCUT2D eigenvalue weighted by atomic mass is 16.5. The highest BCUT2D eigenvalue weighted by molar-refractivity contribution is 6.21. The number of nitrogens with two attached hydrogens (primary N) is 1. The molecule has 7 heteroatoms. The van der Waals surface area contributed by atoms with Crippen LogP contribution in [0.3, 0.4) is 0 Å². The molecule has 0 bridgehead atoms. The molecule has 3 rings (SSSR count). The summed E-state index contributed by atoms with van der Waals surface area (Å²) in [5.41, 5.74) is 6.59. The highest BCUT2D eigenvalue weighted by Gasteiger charge is 2.35. The van der Waals surface area contributed by atoms with Gasteiger partial charge in [-0.3, -0.25) is 19.3 Å². The fraction of sp³-hybridized carbons (Fsp3) is 0.158. The lowest BCUT2D eigenvalue weighted by Gasteiger charge is -2.15. The first-order chi connectivity index (χ1) is 12.4. The molecule has 1 heterocycles. The fourth-order valence-corrected chi connectivity index (χ4v) is 2.65. The molecule has 1 aliphatic rings. The molecular weight excluding hydrogens is 336 g/mol. The number of ether oxygens (including phenoxy) is 1. The minimum atomic E-state index is -1.05. The zero-order valence-electron chi connectivity index (χ0n) is 14.0. The predicted molar refractivity (Wildman–Crippen MR) is 91.2 cm³/mol. The van der Waals surface area contributed by atoms with Gasteiger partial charge in [-0.15, -0.1) is 0 Å². The number of fused-ring (bicyclic) bond motifs is 1. The highest BCUT2D eigenvalue weighted by Crippen LogP contribution is 2.24. The van der Waals surface area contributed by atoms with Gasteiger partial charge in [-0.2, -0.15) is 0 Å². The first kappa shape index (κ1) is 17.3. The van der Waals surface area contributed by atoms with E-state index in [1.807, 2.05) is 0 Å². The number of carbonyl (C=O) groups is 4. The third-order valence-electron chi connectivity index (χ3n) is 4.07. The maximum absolute atomic E-state index is 12.4. The Morgan fingerprint density at radius 3 is 2.23 bits per heavy atom. The van der Waals surface area contributed by atoms with Crippen molar-refractivity contribution >= 4 is 23.7 Å². The van der Waals surface area contributed by atoms with E-state index in [4.69, 9.17) is 10.5 Å². The van der Waals surface area contributed by atoms with E-state index < -0.39 is 18.0 Å². The van der Waals surface area contributed by atoms with E-state index in [-0.39, 0.29) is 23.9 Å². The van der Waals surface area contributed by atoms with Crippen molar-refractivity contribution in [2.75, 3.05) is 0 Å². The molecule has 0 unspecified atom stereocenters. The number of primary amides is 1. The first-order valence-electron chi connectivity index (χ1n) is 7.93. The van der Waals surface area contributed by atoms with E-state index in [2.05, 4.69) is 0 Å². The second-order valence-corrected chi connectivity index (χ2v) is 5.89. The van der Waals surface area contributed by atoms with Crippen molar-refractivity contribution in [3.63, 3.8) is 0 Å². The monoisotopic (exact) mass is 352 g/mol. The Balaban J connectivity index is 1.78. The summed E-state index contributed by atoms with van der Waals surface area (Å²) < 4.78 is 4.95. The molecule has 1 atom stereocenters. The standard InChI is InChI=1S/C19H16N2O5/c1-11(16(20)22)26-19(25)13-6-4-5-12(9-13)10-21-17(23)14-7-2-3-8-15(14)18(21)24/h2-9,11H,10H2,1H3,(H2,20,22)/t11-/m1/s1. The Kier molecular flexibility index (Phi) is 4.53. The van der Waals surface area contributed by atoms with Gasteiger partial charge >= 0.3 is 5.97 Å². The Hall–Kier alpha value is -3.48. The van der Waals surface area contributed by atoms with Crippen LogP contribution in [0.5, 0.6) is 0 Å². The van der Waals surface area contributed by atoms with Crippen LogP contribution in [0.15, 0.2) is 48.5 Å². The molecule has 0 aromatic heterocycles. The number of hydrogen-bond donors (Lipinski definition) is 1. The maximum atomic E-state index is 12.4. The lowest BCUT2D eigenvalue weighted by Crippen LogP contribution is -2.30. The number of hydrogen-bond acceptors (Lipinski definition) is 5. The van der Waals surface area contributed by atoms with Crippen LogP contribution in [-0.4, -0.2) is 34.7 Å². The molecule has 2 aromatic carbocycles. The maximum Gasteiger partial charge on any atom is 0.338 e. The minimum Gasteiger partial charge on any atom is -0.449 e. The molecule has 1 aliphatic heterocycles. The SMILES string of the molecule is C[C@@H](OC(=O)c1cccc(CN2C(=O)c3ccccc3C2=O)c1)C(N)=O. The molecule has 0 fully saturated rings. The van der Waals surface area contributed by atoms with Crippen LogP contribution in [0.2, 0.25) is 0 Å². The van der Waals surface area contributed by atoms with Crippen LogP contribution in [-0.2, 0) is 16.1 Å². The average molecular weight is 352 g/mol. The van der Waals surface area contributed by atoms with Crippen LogP contribution >= 0.6 is 0 Å². The summed E-state index contributed by atoms with van der Waals surface area (Å²) in [6, 6.07) is 12.9. The van der Waals surface area contributed by atoms with E-state index in [1.54, 1.807) is 36.4 Å². The third-order valence-corrected chi connectivity index (χ3v) is 4.07. The predicted octanol–water partition coefficient (Wildman–Crippen LogP) is 1.51. The first-order valence-corrected chi connectivity index (χ1v) is 7.93. The summed E-state index contributed by atoms with van der Waals surface area (Å²) in [6.45, 7) is 1.40. The number of imide groups is 1. The second-order valence-electron chi connectivity index (χ2n) is 5.89. The normalized spacial score (nSPS) is 14.1. The molecule has 26 heavy (non-hydrogen) atoms. The van der Waals surface area contributed by atoms with Crippen molar-refractivity contribution < 1.29 is 23.9 Å². The summed E-state index contributed by atoms with van der Waals surface area (Å²) in [6.07, 6.45) is -1.05. The van der Waals surface area contributed by atoms with E-state index in [1.165, 1.54) is 19.1 Å². The van der Waals surface area contributed by atoms with Crippen LogP contribution in [0.1, 0.15) is 43.6 Å².